The molecule has 0 aliphatic carbocycles. The number of aromatic nitrogens is 2. The van der Waals surface area contributed by atoms with E-state index < -0.39 is 0 Å². The largest absolute Gasteiger partial charge is 0.485 e. The summed E-state index contributed by atoms with van der Waals surface area (Å²) in [5, 5.41) is 0.400. The monoisotopic (exact) mass is 539 g/mol. The Kier molecular flexibility index (Phi) is 8.21. The van der Waals surface area contributed by atoms with E-state index in [-0.39, 0.29) is 24.5 Å². The highest BCUT2D eigenvalue weighted by Crippen LogP contribution is 2.38. The fraction of sp³-hybridized carbons (Fsp3) is 0.333. The Morgan fingerprint density at radius 3 is 2.38 bits per heavy atom. The van der Waals surface area contributed by atoms with Crippen molar-refractivity contribution in [2.24, 2.45) is 0 Å². The molecule has 32 heavy (non-hydrogen) atoms. The molecule has 1 aromatic carbocycles. The highest BCUT2D eigenvalue weighted by Gasteiger charge is 2.32. The van der Waals surface area contributed by atoms with Crippen molar-refractivity contribution in [3.63, 3.8) is 0 Å². The van der Waals surface area contributed by atoms with Crippen molar-refractivity contribution in [2.75, 3.05) is 27.2 Å². The number of halogens is 1. The molecular weight excluding hydrogens is 518 g/mol. The number of rotatable bonds is 8. The number of carbonyl (C=O) groups excluding carboxylic acids is 2. The molecular formula is C21H22BrN3O5S2. The van der Waals surface area contributed by atoms with Crippen LogP contribution in [0.3, 0.4) is 0 Å². The van der Waals surface area contributed by atoms with Crippen molar-refractivity contribution in [1.82, 2.24) is 14.9 Å². The first-order valence-electron chi connectivity index (χ1n) is 9.42. The molecule has 2 amide bonds. The number of aryl methyl sites for hydroxylation is 2. The first-order valence-corrected chi connectivity index (χ1v) is 12.3. The maximum Gasteiger partial charge on any atom is 0.293 e. The Morgan fingerprint density at radius 1 is 1.16 bits per heavy atom. The average molecular weight is 540 g/mol. The van der Waals surface area contributed by atoms with E-state index in [1.54, 1.807) is 18.2 Å². The van der Waals surface area contributed by atoms with Crippen LogP contribution < -0.4 is 9.47 Å². The van der Waals surface area contributed by atoms with Gasteiger partial charge in [-0.25, -0.2) is 9.97 Å². The lowest BCUT2D eigenvalue weighted by atomic mass is 10.1. The SMILES string of the molecule is COCOc1cc(Br)c(/C=C2\SC(=O)N(C)C2=O)cc1OCc1c(C)nc(SC)nc1C. The van der Waals surface area contributed by atoms with Gasteiger partial charge in [-0.05, 0) is 55.6 Å². The number of nitrogens with zero attached hydrogens (tertiary/aromatic N) is 3. The molecule has 1 aromatic heterocycles. The summed E-state index contributed by atoms with van der Waals surface area (Å²) in [5.74, 6) is 0.586. The maximum atomic E-state index is 12.3. The van der Waals surface area contributed by atoms with E-state index in [4.69, 9.17) is 14.2 Å². The summed E-state index contributed by atoms with van der Waals surface area (Å²) in [6.45, 7) is 4.12. The molecule has 0 bridgehead atoms. The summed E-state index contributed by atoms with van der Waals surface area (Å²) in [6, 6.07) is 3.49. The van der Waals surface area contributed by atoms with Gasteiger partial charge in [-0.1, -0.05) is 27.7 Å². The van der Waals surface area contributed by atoms with Gasteiger partial charge in [0.2, 0.25) is 0 Å². The Balaban J connectivity index is 1.94. The van der Waals surface area contributed by atoms with Crippen LogP contribution in [0.15, 0.2) is 26.7 Å². The molecule has 1 fully saturated rings. The Morgan fingerprint density at radius 2 is 1.81 bits per heavy atom. The number of likely N-dealkylation sites (N-methyl/N-ethyl adjacent to an activating group) is 1. The third kappa shape index (κ3) is 5.45. The number of carbonyl (C=O) groups is 2. The van der Waals surface area contributed by atoms with E-state index in [0.29, 0.717) is 31.6 Å². The number of amides is 2. The maximum absolute atomic E-state index is 12.3. The molecule has 0 atom stereocenters. The first-order chi connectivity index (χ1) is 15.2. The zero-order valence-electron chi connectivity index (χ0n) is 18.2. The van der Waals surface area contributed by atoms with Gasteiger partial charge in [0.15, 0.2) is 23.4 Å². The summed E-state index contributed by atoms with van der Waals surface area (Å²) in [4.78, 5) is 34.5. The molecule has 0 unspecified atom stereocenters. The summed E-state index contributed by atoms with van der Waals surface area (Å²) >= 11 is 5.88. The van der Waals surface area contributed by atoms with Crippen molar-refractivity contribution in [1.29, 1.82) is 0 Å². The van der Waals surface area contributed by atoms with Crippen molar-refractivity contribution in [3.05, 3.63) is 44.0 Å². The zero-order valence-corrected chi connectivity index (χ0v) is 21.4. The Bertz CT molecular complexity index is 1070. The van der Waals surface area contributed by atoms with E-state index in [1.807, 2.05) is 20.1 Å². The normalized spacial score (nSPS) is 15.1. The van der Waals surface area contributed by atoms with E-state index >= 15 is 0 Å². The van der Waals surface area contributed by atoms with E-state index in [0.717, 1.165) is 33.6 Å². The lowest BCUT2D eigenvalue weighted by molar-refractivity contribution is -0.121. The molecule has 3 rings (SSSR count). The summed E-state index contributed by atoms with van der Waals surface area (Å²) < 4.78 is 17.5. The lowest BCUT2D eigenvalue weighted by Crippen LogP contribution is -2.22. The molecule has 0 radical (unpaired) electrons. The van der Waals surface area contributed by atoms with Crippen LogP contribution in [0.4, 0.5) is 4.79 Å². The third-order valence-corrected chi connectivity index (χ3v) is 6.82. The quantitative estimate of drug-likeness (QED) is 0.203. The van der Waals surface area contributed by atoms with Gasteiger partial charge in [-0.3, -0.25) is 14.5 Å². The minimum absolute atomic E-state index is 0.0421. The smallest absolute Gasteiger partial charge is 0.293 e. The van der Waals surface area contributed by atoms with Crippen LogP contribution in [0, 0.1) is 13.8 Å². The van der Waals surface area contributed by atoms with Crippen LogP contribution in [-0.2, 0) is 16.1 Å². The molecule has 2 aromatic rings. The van der Waals surface area contributed by atoms with Gasteiger partial charge in [0, 0.05) is 35.6 Å². The van der Waals surface area contributed by atoms with Gasteiger partial charge < -0.3 is 14.2 Å². The van der Waals surface area contributed by atoms with E-state index in [2.05, 4.69) is 25.9 Å². The lowest BCUT2D eigenvalue weighted by Gasteiger charge is -2.16. The number of ether oxygens (including phenoxy) is 3. The first kappa shape index (κ1) is 24.6. The van der Waals surface area contributed by atoms with Crippen LogP contribution in [0.5, 0.6) is 11.5 Å². The number of thioether (sulfide) groups is 2. The van der Waals surface area contributed by atoms with Gasteiger partial charge in [-0.15, -0.1) is 0 Å². The second-order valence-corrected chi connectivity index (χ2v) is 9.38. The van der Waals surface area contributed by atoms with Crippen LogP contribution in [0.2, 0.25) is 0 Å². The van der Waals surface area contributed by atoms with Crippen molar-refractivity contribution >= 4 is 56.7 Å². The zero-order chi connectivity index (χ0) is 23.4. The fourth-order valence-corrected chi connectivity index (χ4v) is 4.57. The number of methoxy groups -OCH3 is 1. The van der Waals surface area contributed by atoms with Gasteiger partial charge in [0.1, 0.15) is 6.61 Å². The van der Waals surface area contributed by atoms with Crippen LogP contribution in [0.1, 0.15) is 22.5 Å². The molecule has 0 N–H and O–H groups in total. The molecule has 1 aliphatic rings. The number of hydrogen-bond acceptors (Lipinski definition) is 9. The highest BCUT2D eigenvalue weighted by molar-refractivity contribution is 9.10. The van der Waals surface area contributed by atoms with Crippen molar-refractivity contribution in [2.45, 2.75) is 25.6 Å². The number of imide groups is 1. The predicted molar refractivity (Wildman–Crippen MR) is 128 cm³/mol. The summed E-state index contributed by atoms with van der Waals surface area (Å²) in [7, 11) is 2.99. The number of benzene rings is 1. The van der Waals surface area contributed by atoms with Crippen LogP contribution >= 0.6 is 39.5 Å². The van der Waals surface area contributed by atoms with Crippen molar-refractivity contribution < 1.29 is 23.8 Å². The average Bonchev–Trinajstić information content (AvgIpc) is 3.00. The summed E-state index contributed by atoms with van der Waals surface area (Å²) in [5.41, 5.74) is 3.24. The predicted octanol–water partition coefficient (Wildman–Crippen LogP) is 4.81. The molecule has 11 heteroatoms. The molecule has 8 nitrogen and oxygen atoms in total. The minimum atomic E-state index is -0.341. The topological polar surface area (TPSA) is 90.9 Å². The Hall–Kier alpha value is -2.08. The molecule has 0 saturated carbocycles. The molecule has 1 aliphatic heterocycles. The Labute approximate surface area is 203 Å². The van der Waals surface area contributed by atoms with Crippen LogP contribution in [-0.4, -0.2) is 53.2 Å². The molecule has 0 spiro atoms. The fourth-order valence-electron chi connectivity index (χ4n) is 2.86. The van der Waals surface area contributed by atoms with E-state index in [9.17, 15) is 9.59 Å². The second-order valence-electron chi connectivity index (χ2n) is 6.76. The van der Waals surface area contributed by atoms with E-state index in [1.165, 1.54) is 25.9 Å². The van der Waals surface area contributed by atoms with Gasteiger partial charge in [-0.2, -0.15) is 0 Å². The summed E-state index contributed by atoms with van der Waals surface area (Å²) in [6.07, 6.45) is 3.58. The number of hydrogen-bond donors (Lipinski definition) is 0. The van der Waals surface area contributed by atoms with Gasteiger partial charge in [0.05, 0.1) is 4.91 Å². The highest BCUT2D eigenvalue weighted by atomic mass is 79.9. The van der Waals surface area contributed by atoms with Crippen molar-refractivity contribution in [3.8, 4) is 11.5 Å². The second kappa shape index (κ2) is 10.7. The minimum Gasteiger partial charge on any atom is -0.485 e. The third-order valence-electron chi connectivity index (χ3n) is 4.62. The van der Waals surface area contributed by atoms with Crippen LogP contribution in [0.25, 0.3) is 6.08 Å². The standard InChI is InChI=1S/C21H22BrN3O5S2/c1-11-14(12(2)24-20(23-11)31-5)9-29-16-6-13(15(22)8-17(16)30-10-28-4)7-18-19(26)25(3)21(27)32-18/h6-8H,9-10H2,1-5H3/b18-7-. The molecule has 1 saturated heterocycles. The molecule has 2 heterocycles. The molecule has 170 valence electrons. The van der Waals surface area contributed by atoms with Gasteiger partial charge >= 0.3 is 0 Å². The van der Waals surface area contributed by atoms with Gasteiger partial charge in [0.25, 0.3) is 11.1 Å².